The molecule has 8 heteroatoms. The Morgan fingerprint density at radius 3 is 2.58 bits per heavy atom. The van der Waals surface area contributed by atoms with Gasteiger partial charge in [0.2, 0.25) is 0 Å². The summed E-state index contributed by atoms with van der Waals surface area (Å²) in [5, 5.41) is 0. The van der Waals surface area contributed by atoms with Crippen LogP contribution in [0.1, 0.15) is 48.4 Å². The van der Waals surface area contributed by atoms with Crippen LogP contribution in [0.2, 0.25) is 0 Å². The molecule has 24 heavy (non-hydrogen) atoms. The number of nitrogens with zero attached hydrogens (tertiary/aromatic N) is 4. The van der Waals surface area contributed by atoms with Crippen LogP contribution >= 0.6 is 11.3 Å². The Bertz CT molecular complexity index is 819. The smallest absolute Gasteiger partial charge is 0.282 e. The maximum Gasteiger partial charge on any atom is 0.282 e. The van der Waals surface area contributed by atoms with E-state index in [1.54, 1.807) is 29.7 Å². The Balaban J connectivity index is 1.81. The molecule has 0 spiro atoms. The van der Waals surface area contributed by atoms with E-state index in [-0.39, 0.29) is 6.04 Å². The van der Waals surface area contributed by atoms with Crippen molar-refractivity contribution >= 4 is 26.5 Å². The third kappa shape index (κ3) is 3.24. The van der Waals surface area contributed by atoms with Crippen LogP contribution in [0.25, 0.3) is 4.96 Å². The van der Waals surface area contributed by atoms with E-state index in [4.69, 9.17) is 0 Å². The van der Waals surface area contributed by atoms with Crippen molar-refractivity contribution in [2.45, 2.75) is 58.5 Å². The fourth-order valence-corrected chi connectivity index (χ4v) is 5.65. The molecule has 2 aromatic heterocycles. The number of hydrogen-bond donors (Lipinski definition) is 0. The molecule has 1 saturated carbocycles. The maximum atomic E-state index is 12.9. The molecule has 134 valence electrons. The minimum atomic E-state index is -3.46. The molecular formula is C16H26N4O2S2. The van der Waals surface area contributed by atoms with Crippen molar-refractivity contribution < 1.29 is 8.42 Å². The van der Waals surface area contributed by atoms with Crippen molar-refractivity contribution in [3.63, 3.8) is 0 Å². The van der Waals surface area contributed by atoms with Gasteiger partial charge in [0, 0.05) is 31.2 Å². The van der Waals surface area contributed by atoms with Gasteiger partial charge in [0.05, 0.1) is 17.9 Å². The van der Waals surface area contributed by atoms with Gasteiger partial charge in [-0.05, 0) is 26.7 Å². The van der Waals surface area contributed by atoms with Crippen molar-refractivity contribution in [3.05, 3.63) is 22.5 Å². The number of aryl methyl sites for hydroxylation is 2. The summed E-state index contributed by atoms with van der Waals surface area (Å²) in [5.74, 6) is 0. The van der Waals surface area contributed by atoms with Crippen LogP contribution in [0.4, 0.5) is 0 Å². The van der Waals surface area contributed by atoms with Crippen molar-refractivity contribution in [1.82, 2.24) is 18.0 Å². The van der Waals surface area contributed by atoms with E-state index >= 15 is 0 Å². The average molecular weight is 371 g/mol. The largest absolute Gasteiger partial charge is 0.293 e. The predicted octanol–water partition coefficient (Wildman–Crippen LogP) is 2.95. The lowest BCUT2D eigenvalue weighted by molar-refractivity contribution is 0.267. The molecule has 1 aliphatic rings. The predicted molar refractivity (Wildman–Crippen MR) is 97.6 cm³/mol. The zero-order valence-electron chi connectivity index (χ0n) is 14.8. The lowest BCUT2D eigenvalue weighted by Crippen LogP contribution is -2.45. The first kappa shape index (κ1) is 17.8. The summed E-state index contributed by atoms with van der Waals surface area (Å²) < 4.78 is 30.9. The monoisotopic (exact) mass is 370 g/mol. The molecule has 2 heterocycles. The summed E-state index contributed by atoms with van der Waals surface area (Å²) in [6.45, 7) is 4.31. The van der Waals surface area contributed by atoms with Crippen molar-refractivity contribution in [3.8, 4) is 0 Å². The van der Waals surface area contributed by atoms with Gasteiger partial charge in [-0.15, -0.1) is 11.3 Å². The Morgan fingerprint density at radius 2 is 1.92 bits per heavy atom. The second-order valence-electron chi connectivity index (χ2n) is 6.71. The van der Waals surface area contributed by atoms with Crippen LogP contribution in [0.5, 0.6) is 0 Å². The molecule has 0 atom stereocenters. The van der Waals surface area contributed by atoms with Gasteiger partial charge in [-0.3, -0.25) is 4.40 Å². The second kappa shape index (κ2) is 6.74. The van der Waals surface area contributed by atoms with E-state index < -0.39 is 10.2 Å². The first-order valence-corrected chi connectivity index (χ1v) is 10.7. The van der Waals surface area contributed by atoms with Crippen molar-refractivity contribution in [1.29, 1.82) is 0 Å². The minimum absolute atomic E-state index is 0.126. The SMILES string of the molecule is Cc1cn2c(CN(C)S(=O)(=O)N(C)C3CCCCC3)c(C)nc2s1. The number of imidazole rings is 1. The van der Waals surface area contributed by atoms with Crippen LogP contribution in [0.15, 0.2) is 6.20 Å². The summed E-state index contributed by atoms with van der Waals surface area (Å²) in [6.07, 6.45) is 7.40. The number of rotatable bonds is 5. The fourth-order valence-electron chi connectivity index (χ4n) is 3.44. The highest BCUT2D eigenvalue weighted by Gasteiger charge is 2.31. The van der Waals surface area contributed by atoms with Crippen LogP contribution in [-0.4, -0.2) is 46.6 Å². The summed E-state index contributed by atoms with van der Waals surface area (Å²) in [7, 11) is -0.0872. The highest BCUT2D eigenvalue weighted by atomic mass is 32.2. The molecule has 0 radical (unpaired) electrons. The van der Waals surface area contributed by atoms with E-state index in [0.717, 1.165) is 42.0 Å². The Morgan fingerprint density at radius 1 is 1.25 bits per heavy atom. The van der Waals surface area contributed by atoms with Gasteiger partial charge in [0.15, 0.2) is 4.96 Å². The zero-order valence-corrected chi connectivity index (χ0v) is 16.5. The van der Waals surface area contributed by atoms with E-state index in [1.807, 2.05) is 24.4 Å². The zero-order chi connectivity index (χ0) is 17.5. The standard InChI is InChI=1S/C16H26N4O2S2/c1-12-10-20-15(13(2)17-16(20)23-12)11-18(3)24(21,22)19(4)14-8-6-5-7-9-14/h10,14H,5-9,11H2,1-4H3. The molecule has 3 rings (SSSR count). The maximum absolute atomic E-state index is 12.9. The van der Waals surface area contributed by atoms with Gasteiger partial charge in [0.1, 0.15) is 0 Å². The first-order valence-electron chi connectivity index (χ1n) is 8.44. The average Bonchev–Trinajstić information content (AvgIpc) is 3.04. The lowest BCUT2D eigenvalue weighted by atomic mass is 9.96. The van der Waals surface area contributed by atoms with Crippen LogP contribution in [-0.2, 0) is 16.8 Å². The van der Waals surface area contributed by atoms with Gasteiger partial charge in [-0.25, -0.2) is 4.98 Å². The molecule has 1 fully saturated rings. The Kier molecular flexibility index (Phi) is 5.01. The van der Waals surface area contributed by atoms with Crippen LogP contribution in [0.3, 0.4) is 0 Å². The van der Waals surface area contributed by atoms with Crippen molar-refractivity contribution in [2.75, 3.05) is 14.1 Å². The molecule has 0 unspecified atom stereocenters. The molecule has 6 nitrogen and oxygen atoms in total. The summed E-state index contributed by atoms with van der Waals surface area (Å²) in [4.78, 5) is 6.64. The molecule has 0 bridgehead atoms. The van der Waals surface area contributed by atoms with Gasteiger partial charge < -0.3 is 0 Å². The van der Waals surface area contributed by atoms with Gasteiger partial charge in [-0.1, -0.05) is 19.3 Å². The van der Waals surface area contributed by atoms with Gasteiger partial charge >= 0.3 is 0 Å². The fraction of sp³-hybridized carbons (Fsp3) is 0.688. The molecule has 0 amide bonds. The third-order valence-electron chi connectivity index (χ3n) is 4.96. The molecule has 0 saturated heterocycles. The van der Waals surface area contributed by atoms with E-state index in [0.29, 0.717) is 6.54 Å². The minimum Gasteiger partial charge on any atom is -0.293 e. The second-order valence-corrected chi connectivity index (χ2v) is 10.0. The van der Waals surface area contributed by atoms with Crippen LogP contribution in [0, 0.1) is 13.8 Å². The number of aromatic nitrogens is 2. The van der Waals surface area contributed by atoms with Gasteiger partial charge in [-0.2, -0.15) is 17.0 Å². The molecule has 2 aromatic rings. The topological polar surface area (TPSA) is 57.9 Å². The molecule has 0 N–H and O–H groups in total. The summed E-state index contributed by atoms with van der Waals surface area (Å²) in [6, 6.07) is 0.126. The van der Waals surface area contributed by atoms with E-state index in [1.165, 1.54) is 15.6 Å². The van der Waals surface area contributed by atoms with Crippen LogP contribution < -0.4 is 0 Å². The first-order chi connectivity index (χ1) is 11.3. The molecule has 0 aromatic carbocycles. The number of fused-ring (bicyclic) bond motifs is 1. The normalized spacial score (nSPS) is 17.4. The quantitative estimate of drug-likeness (QED) is 0.813. The van der Waals surface area contributed by atoms with E-state index in [2.05, 4.69) is 4.98 Å². The van der Waals surface area contributed by atoms with Crippen molar-refractivity contribution in [2.24, 2.45) is 0 Å². The number of hydrogen-bond acceptors (Lipinski definition) is 4. The highest BCUT2D eigenvalue weighted by Crippen LogP contribution is 2.26. The molecule has 0 aliphatic heterocycles. The summed E-state index contributed by atoms with van der Waals surface area (Å²) >= 11 is 1.62. The molecule has 1 aliphatic carbocycles. The highest BCUT2D eigenvalue weighted by molar-refractivity contribution is 7.86. The summed E-state index contributed by atoms with van der Waals surface area (Å²) in [5.41, 5.74) is 1.83. The Labute approximate surface area is 148 Å². The lowest BCUT2D eigenvalue weighted by Gasteiger charge is -2.33. The molecular weight excluding hydrogens is 344 g/mol. The van der Waals surface area contributed by atoms with Gasteiger partial charge in [0.25, 0.3) is 10.2 Å². The Hall–Kier alpha value is -0.960. The third-order valence-corrected chi connectivity index (χ3v) is 7.80. The van der Waals surface area contributed by atoms with E-state index in [9.17, 15) is 8.42 Å². The number of thiazole rings is 1.